The molecule has 4 nitrogen and oxygen atoms in total. The van der Waals surface area contributed by atoms with Gasteiger partial charge in [0.2, 0.25) is 0 Å². The van der Waals surface area contributed by atoms with E-state index >= 15 is 0 Å². The first-order valence-corrected chi connectivity index (χ1v) is 6.46. The van der Waals surface area contributed by atoms with Crippen LogP contribution in [0.1, 0.15) is 25.6 Å². The fraction of sp³-hybridized carbons (Fsp3) is 0.0769. The Hall–Kier alpha value is -2.35. The average molecular weight is 315 g/mol. The van der Waals surface area contributed by atoms with Gasteiger partial charge in [-0.1, -0.05) is 0 Å². The van der Waals surface area contributed by atoms with E-state index in [4.69, 9.17) is 5.11 Å². The van der Waals surface area contributed by atoms with Crippen molar-refractivity contribution in [2.75, 3.05) is 5.32 Å². The van der Waals surface area contributed by atoms with Crippen LogP contribution in [0, 0.1) is 24.4 Å². The highest BCUT2D eigenvalue weighted by molar-refractivity contribution is 7.12. The fourth-order valence-corrected chi connectivity index (χ4v) is 2.54. The van der Waals surface area contributed by atoms with E-state index in [0.717, 1.165) is 11.3 Å². The maximum Gasteiger partial charge on any atom is 0.348 e. The number of rotatable bonds is 3. The first-order valence-electron chi connectivity index (χ1n) is 5.58. The van der Waals surface area contributed by atoms with Gasteiger partial charge in [-0.2, -0.15) is 0 Å². The number of aromatic carboxylic acids is 1. The zero-order valence-corrected chi connectivity index (χ0v) is 11.4. The second kappa shape index (κ2) is 5.57. The van der Waals surface area contributed by atoms with Gasteiger partial charge in [0, 0.05) is 12.1 Å². The van der Waals surface area contributed by atoms with Crippen molar-refractivity contribution in [3.8, 4) is 0 Å². The van der Waals surface area contributed by atoms with E-state index in [1.807, 2.05) is 0 Å². The zero-order valence-electron chi connectivity index (χ0n) is 10.5. The molecule has 1 heterocycles. The summed E-state index contributed by atoms with van der Waals surface area (Å²) >= 11 is 0.871. The van der Waals surface area contributed by atoms with Crippen LogP contribution in [0.25, 0.3) is 0 Å². The molecule has 1 amide bonds. The third-order valence-corrected chi connectivity index (χ3v) is 3.73. The molecule has 1 aromatic carbocycles. The monoisotopic (exact) mass is 315 g/mol. The van der Waals surface area contributed by atoms with Crippen molar-refractivity contribution in [3.63, 3.8) is 0 Å². The van der Waals surface area contributed by atoms with Crippen LogP contribution in [0.5, 0.6) is 0 Å². The van der Waals surface area contributed by atoms with E-state index in [-0.39, 0.29) is 10.6 Å². The van der Waals surface area contributed by atoms with Crippen molar-refractivity contribution in [2.45, 2.75) is 6.92 Å². The van der Waals surface area contributed by atoms with Gasteiger partial charge in [-0.05, 0) is 17.9 Å². The number of anilines is 1. The van der Waals surface area contributed by atoms with Crippen molar-refractivity contribution >= 4 is 28.9 Å². The van der Waals surface area contributed by atoms with Crippen LogP contribution in [0.2, 0.25) is 0 Å². The van der Waals surface area contributed by atoms with Crippen LogP contribution in [-0.2, 0) is 0 Å². The van der Waals surface area contributed by atoms with Crippen molar-refractivity contribution < 1.29 is 27.9 Å². The van der Waals surface area contributed by atoms with Crippen molar-refractivity contribution in [3.05, 3.63) is 51.0 Å². The minimum atomic E-state index is -1.37. The Morgan fingerprint density at radius 2 is 1.76 bits per heavy atom. The van der Waals surface area contributed by atoms with Gasteiger partial charge < -0.3 is 10.4 Å². The molecular formula is C13H8F3NO3S. The minimum Gasteiger partial charge on any atom is -0.477 e. The molecule has 2 N–H and O–H groups in total. The molecule has 0 saturated carbocycles. The van der Waals surface area contributed by atoms with Crippen molar-refractivity contribution in [1.29, 1.82) is 0 Å². The zero-order chi connectivity index (χ0) is 15.7. The molecule has 0 aliphatic rings. The summed E-state index contributed by atoms with van der Waals surface area (Å²) in [6.07, 6.45) is 0. The largest absolute Gasteiger partial charge is 0.477 e. The molecule has 1 aromatic heterocycles. The number of carboxylic acid groups (broad SMARTS) is 1. The van der Waals surface area contributed by atoms with Crippen LogP contribution in [0.3, 0.4) is 0 Å². The molecule has 0 fully saturated rings. The molecule has 2 aromatic rings. The second-order valence-electron chi connectivity index (χ2n) is 4.13. The lowest BCUT2D eigenvalue weighted by Crippen LogP contribution is -2.17. The Balaban J connectivity index is 2.40. The predicted molar refractivity (Wildman–Crippen MR) is 70.3 cm³/mol. The second-order valence-corrected chi connectivity index (χ2v) is 5.01. The highest BCUT2D eigenvalue weighted by Crippen LogP contribution is 2.28. The summed E-state index contributed by atoms with van der Waals surface area (Å²) < 4.78 is 39.8. The minimum absolute atomic E-state index is 0.0411. The van der Waals surface area contributed by atoms with Crippen LogP contribution in [0.4, 0.5) is 18.9 Å². The van der Waals surface area contributed by atoms with Gasteiger partial charge in [0.05, 0.1) is 5.69 Å². The molecule has 0 aliphatic carbocycles. The van der Waals surface area contributed by atoms with Gasteiger partial charge in [0.1, 0.15) is 27.9 Å². The Bertz CT molecular complexity index is 719. The van der Waals surface area contributed by atoms with Gasteiger partial charge in [-0.3, -0.25) is 4.79 Å². The van der Waals surface area contributed by atoms with Gasteiger partial charge >= 0.3 is 5.97 Å². The Morgan fingerprint density at radius 3 is 2.29 bits per heavy atom. The molecule has 0 spiro atoms. The fourth-order valence-electron chi connectivity index (χ4n) is 1.69. The molecular weight excluding hydrogens is 307 g/mol. The van der Waals surface area contributed by atoms with E-state index in [2.05, 4.69) is 5.32 Å². The number of halogens is 3. The summed E-state index contributed by atoms with van der Waals surface area (Å²) in [5.41, 5.74) is -0.576. The van der Waals surface area contributed by atoms with Gasteiger partial charge in [0.15, 0.2) is 0 Å². The molecule has 0 aliphatic heterocycles. The highest BCUT2D eigenvalue weighted by atomic mass is 32.1. The summed E-state index contributed by atoms with van der Waals surface area (Å²) in [6.45, 7) is 1.54. The number of hydrogen-bond acceptors (Lipinski definition) is 3. The maximum absolute atomic E-state index is 13.5. The molecule has 0 atom stereocenters. The van der Waals surface area contributed by atoms with E-state index in [0.29, 0.717) is 17.7 Å². The normalized spacial score (nSPS) is 10.5. The Morgan fingerprint density at radius 1 is 1.19 bits per heavy atom. The average Bonchev–Trinajstić information content (AvgIpc) is 2.69. The number of thiophene rings is 1. The number of carbonyl (C=O) groups is 2. The first-order chi connectivity index (χ1) is 9.81. The quantitative estimate of drug-likeness (QED) is 0.912. The standard InChI is InChI=1S/C13H8F3NO3S/c1-5-4-21-11(13(19)20)10(5)17-12(18)9-7(15)2-6(14)3-8(9)16/h2-4H,1H3,(H,17,18)(H,19,20). The number of carbonyl (C=O) groups excluding carboxylic acids is 1. The lowest BCUT2D eigenvalue weighted by atomic mass is 10.1. The van der Waals surface area contributed by atoms with Crippen LogP contribution in [-0.4, -0.2) is 17.0 Å². The summed E-state index contributed by atoms with van der Waals surface area (Å²) in [6, 6.07) is 0.743. The lowest BCUT2D eigenvalue weighted by Gasteiger charge is -2.08. The number of aryl methyl sites for hydroxylation is 1. The number of benzene rings is 1. The van der Waals surface area contributed by atoms with Crippen molar-refractivity contribution in [1.82, 2.24) is 0 Å². The first kappa shape index (κ1) is 15.0. The molecule has 0 unspecified atom stereocenters. The summed E-state index contributed by atoms with van der Waals surface area (Å²) in [5.74, 6) is -6.35. The molecule has 110 valence electrons. The lowest BCUT2D eigenvalue weighted by molar-refractivity contribution is 0.0703. The topological polar surface area (TPSA) is 66.4 Å². The van der Waals surface area contributed by atoms with E-state index in [1.54, 1.807) is 0 Å². The number of amides is 1. The molecule has 2 rings (SSSR count). The third kappa shape index (κ3) is 2.89. The van der Waals surface area contributed by atoms with Gasteiger partial charge in [0.25, 0.3) is 5.91 Å². The summed E-state index contributed by atoms with van der Waals surface area (Å²) in [4.78, 5) is 22.7. The van der Waals surface area contributed by atoms with Crippen LogP contribution < -0.4 is 5.32 Å². The highest BCUT2D eigenvalue weighted by Gasteiger charge is 2.23. The van der Waals surface area contributed by atoms with Crippen LogP contribution >= 0.6 is 11.3 Å². The molecule has 8 heteroatoms. The Labute approximate surface area is 120 Å². The summed E-state index contributed by atoms with van der Waals surface area (Å²) in [7, 11) is 0. The summed E-state index contributed by atoms with van der Waals surface area (Å²) in [5, 5.41) is 12.6. The smallest absolute Gasteiger partial charge is 0.348 e. The van der Waals surface area contributed by atoms with Crippen molar-refractivity contribution in [2.24, 2.45) is 0 Å². The van der Waals surface area contributed by atoms with Gasteiger partial charge in [-0.25, -0.2) is 18.0 Å². The Kier molecular flexibility index (Phi) is 3.99. The van der Waals surface area contributed by atoms with Gasteiger partial charge in [-0.15, -0.1) is 11.3 Å². The van der Waals surface area contributed by atoms with E-state index < -0.39 is 34.9 Å². The van der Waals surface area contributed by atoms with Crippen LogP contribution in [0.15, 0.2) is 17.5 Å². The maximum atomic E-state index is 13.5. The predicted octanol–water partition coefficient (Wildman–Crippen LogP) is 3.42. The molecule has 0 bridgehead atoms. The molecule has 0 radical (unpaired) electrons. The number of nitrogens with one attached hydrogen (secondary N) is 1. The number of hydrogen-bond donors (Lipinski definition) is 2. The number of carboxylic acids is 1. The molecule has 21 heavy (non-hydrogen) atoms. The molecule has 0 saturated heterocycles. The van der Waals surface area contributed by atoms with E-state index in [1.165, 1.54) is 12.3 Å². The SMILES string of the molecule is Cc1csc(C(=O)O)c1NC(=O)c1c(F)cc(F)cc1F. The van der Waals surface area contributed by atoms with E-state index in [9.17, 15) is 22.8 Å². The third-order valence-electron chi connectivity index (χ3n) is 2.64.